The van der Waals surface area contributed by atoms with Crippen LogP contribution >= 0.6 is 11.6 Å². The Morgan fingerprint density at radius 2 is 1.89 bits per heavy atom. The van der Waals surface area contributed by atoms with Gasteiger partial charge in [-0.1, -0.05) is 29.3 Å². The van der Waals surface area contributed by atoms with Crippen LogP contribution in [0.4, 0.5) is 4.39 Å². The number of hydrogen-bond acceptors (Lipinski definition) is 2. The van der Waals surface area contributed by atoms with Gasteiger partial charge >= 0.3 is 0 Å². The van der Waals surface area contributed by atoms with Crippen LogP contribution in [-0.4, -0.2) is 11.7 Å². The third-order valence-electron chi connectivity index (χ3n) is 2.73. The average Bonchev–Trinajstić information content (AvgIpc) is 2.40. The van der Waals surface area contributed by atoms with Gasteiger partial charge in [-0.25, -0.2) is 4.39 Å². The van der Waals surface area contributed by atoms with Gasteiger partial charge in [-0.2, -0.15) is 0 Å². The van der Waals surface area contributed by atoms with Crippen molar-refractivity contribution in [2.24, 2.45) is 0 Å². The molecule has 0 heterocycles. The van der Waals surface area contributed by atoms with Crippen molar-refractivity contribution in [2.75, 3.05) is 6.61 Å². The number of ether oxygens (including phenoxy) is 1. The summed E-state index contributed by atoms with van der Waals surface area (Å²) in [6.45, 7) is 1.83. The molecule has 4 heteroatoms. The molecule has 2 nitrogen and oxygen atoms in total. The molecule has 0 aliphatic carbocycles. The first kappa shape index (κ1) is 13.8. The molecule has 0 amide bonds. The third-order valence-corrected chi connectivity index (χ3v) is 2.98. The van der Waals surface area contributed by atoms with Crippen LogP contribution in [0.3, 0.4) is 0 Å². The van der Waals surface area contributed by atoms with Gasteiger partial charge in [0, 0.05) is 10.6 Å². The maximum atomic E-state index is 13.6. The lowest BCUT2D eigenvalue weighted by Crippen LogP contribution is -2.11. The van der Waals surface area contributed by atoms with Crippen LogP contribution in [0.5, 0.6) is 5.75 Å². The van der Waals surface area contributed by atoms with Crippen LogP contribution in [-0.2, 0) is 0 Å². The van der Waals surface area contributed by atoms with Crippen molar-refractivity contribution < 1.29 is 14.2 Å². The van der Waals surface area contributed by atoms with E-state index >= 15 is 0 Å². The minimum Gasteiger partial charge on any atom is -0.491 e. The molecule has 0 bridgehead atoms. The third kappa shape index (κ3) is 3.69. The molecule has 19 heavy (non-hydrogen) atoms. The molecule has 0 radical (unpaired) electrons. The Bertz CT molecular complexity index is 555. The topological polar surface area (TPSA) is 29.5 Å². The van der Waals surface area contributed by atoms with E-state index in [2.05, 4.69) is 0 Å². The quantitative estimate of drug-likeness (QED) is 0.920. The second-order valence-corrected chi connectivity index (χ2v) is 4.74. The molecule has 2 aromatic carbocycles. The molecule has 1 atom stereocenters. The summed E-state index contributed by atoms with van der Waals surface area (Å²) in [5.41, 5.74) is 1.14. The Labute approximate surface area is 116 Å². The molecule has 100 valence electrons. The summed E-state index contributed by atoms with van der Waals surface area (Å²) in [7, 11) is 0. The highest BCUT2D eigenvalue weighted by atomic mass is 35.5. The zero-order valence-corrected chi connectivity index (χ0v) is 11.2. The summed E-state index contributed by atoms with van der Waals surface area (Å²) in [4.78, 5) is 0. The van der Waals surface area contributed by atoms with E-state index in [1.165, 1.54) is 6.07 Å². The number of hydrogen-bond donors (Lipinski definition) is 1. The van der Waals surface area contributed by atoms with Gasteiger partial charge in [0.1, 0.15) is 24.3 Å². The first-order chi connectivity index (χ1) is 9.06. The molecule has 0 spiro atoms. The van der Waals surface area contributed by atoms with Crippen LogP contribution < -0.4 is 4.74 Å². The van der Waals surface area contributed by atoms with Crippen LogP contribution in [0.1, 0.15) is 17.2 Å². The molecule has 0 aliphatic heterocycles. The minimum atomic E-state index is -1.00. The van der Waals surface area contributed by atoms with E-state index in [0.29, 0.717) is 10.8 Å². The van der Waals surface area contributed by atoms with Crippen molar-refractivity contribution >= 4 is 11.6 Å². The predicted molar refractivity (Wildman–Crippen MR) is 73.0 cm³/mol. The molecule has 1 unspecified atom stereocenters. The van der Waals surface area contributed by atoms with Gasteiger partial charge in [-0.3, -0.25) is 0 Å². The van der Waals surface area contributed by atoms with E-state index in [1.807, 2.05) is 6.92 Å². The molecule has 0 fully saturated rings. The Balaban J connectivity index is 2.03. The lowest BCUT2D eigenvalue weighted by Gasteiger charge is -2.14. The molecule has 2 rings (SSSR count). The zero-order chi connectivity index (χ0) is 13.8. The van der Waals surface area contributed by atoms with E-state index in [4.69, 9.17) is 16.3 Å². The molecule has 0 saturated carbocycles. The second-order valence-electron chi connectivity index (χ2n) is 4.31. The maximum Gasteiger partial charge on any atom is 0.129 e. The Hall–Kier alpha value is -1.58. The van der Waals surface area contributed by atoms with Crippen molar-refractivity contribution in [1.82, 2.24) is 0 Å². The molecule has 0 saturated heterocycles. The highest BCUT2D eigenvalue weighted by Crippen LogP contribution is 2.21. The Kier molecular flexibility index (Phi) is 4.40. The fourth-order valence-corrected chi connectivity index (χ4v) is 1.84. The van der Waals surface area contributed by atoms with Gasteiger partial charge < -0.3 is 9.84 Å². The van der Waals surface area contributed by atoms with Crippen LogP contribution in [0.25, 0.3) is 0 Å². The molecular weight excluding hydrogens is 267 g/mol. The largest absolute Gasteiger partial charge is 0.491 e. The summed E-state index contributed by atoms with van der Waals surface area (Å²) < 4.78 is 19.0. The standard InChI is InChI=1S/C15H14ClFO2/c1-10-2-7-14(17)13(8-10)15(18)9-19-12-5-3-11(16)4-6-12/h2-8,15,18H,9H2,1H3. The number of rotatable bonds is 4. The Morgan fingerprint density at radius 1 is 1.21 bits per heavy atom. The van der Waals surface area contributed by atoms with Crippen molar-refractivity contribution in [3.05, 3.63) is 64.4 Å². The van der Waals surface area contributed by atoms with E-state index in [9.17, 15) is 9.50 Å². The normalized spacial score (nSPS) is 12.2. The number of halogens is 2. The molecule has 0 aromatic heterocycles. The number of benzene rings is 2. The number of aryl methyl sites for hydroxylation is 1. The summed E-state index contributed by atoms with van der Waals surface area (Å²) in [6, 6.07) is 11.4. The van der Waals surface area contributed by atoms with Crippen molar-refractivity contribution in [2.45, 2.75) is 13.0 Å². The summed E-state index contributed by atoms with van der Waals surface area (Å²) >= 11 is 5.75. The van der Waals surface area contributed by atoms with Gasteiger partial charge in [0.05, 0.1) is 0 Å². The van der Waals surface area contributed by atoms with Gasteiger partial charge in [-0.05, 0) is 37.3 Å². The van der Waals surface area contributed by atoms with Gasteiger partial charge in [0.15, 0.2) is 0 Å². The van der Waals surface area contributed by atoms with Gasteiger partial charge in [0.25, 0.3) is 0 Å². The zero-order valence-electron chi connectivity index (χ0n) is 10.4. The lowest BCUT2D eigenvalue weighted by atomic mass is 10.1. The first-order valence-electron chi connectivity index (χ1n) is 5.89. The number of aliphatic hydroxyl groups excluding tert-OH is 1. The maximum absolute atomic E-state index is 13.6. The van der Waals surface area contributed by atoms with E-state index in [0.717, 1.165) is 5.56 Å². The van der Waals surface area contributed by atoms with Crippen LogP contribution in [0.2, 0.25) is 5.02 Å². The second kappa shape index (κ2) is 6.04. The molecule has 1 N–H and O–H groups in total. The molecule has 0 aliphatic rings. The summed E-state index contributed by atoms with van der Waals surface area (Å²) in [6.07, 6.45) is -1.00. The smallest absolute Gasteiger partial charge is 0.129 e. The van der Waals surface area contributed by atoms with Crippen molar-refractivity contribution in [3.63, 3.8) is 0 Å². The summed E-state index contributed by atoms with van der Waals surface area (Å²) in [5.74, 6) is 0.148. The Morgan fingerprint density at radius 3 is 2.58 bits per heavy atom. The van der Waals surface area contributed by atoms with Gasteiger partial charge in [-0.15, -0.1) is 0 Å². The van der Waals surface area contributed by atoms with E-state index in [1.54, 1.807) is 36.4 Å². The molecule has 2 aromatic rings. The molecular formula is C15H14ClFO2. The van der Waals surface area contributed by atoms with Crippen LogP contribution in [0.15, 0.2) is 42.5 Å². The monoisotopic (exact) mass is 280 g/mol. The average molecular weight is 281 g/mol. The fraction of sp³-hybridized carbons (Fsp3) is 0.200. The first-order valence-corrected chi connectivity index (χ1v) is 6.26. The predicted octanol–water partition coefficient (Wildman–Crippen LogP) is 3.90. The van der Waals surface area contributed by atoms with E-state index in [-0.39, 0.29) is 12.2 Å². The highest BCUT2D eigenvalue weighted by molar-refractivity contribution is 6.30. The van der Waals surface area contributed by atoms with Crippen LogP contribution in [0, 0.1) is 12.7 Å². The summed E-state index contributed by atoms with van der Waals surface area (Å²) in [5, 5.41) is 10.6. The SMILES string of the molecule is Cc1ccc(F)c(C(O)COc2ccc(Cl)cc2)c1. The highest BCUT2D eigenvalue weighted by Gasteiger charge is 2.13. The van der Waals surface area contributed by atoms with Crippen molar-refractivity contribution in [1.29, 1.82) is 0 Å². The lowest BCUT2D eigenvalue weighted by molar-refractivity contribution is 0.105. The van der Waals surface area contributed by atoms with Gasteiger partial charge in [0.2, 0.25) is 0 Å². The number of aliphatic hydroxyl groups is 1. The minimum absolute atomic E-state index is 0.0119. The van der Waals surface area contributed by atoms with Crippen molar-refractivity contribution in [3.8, 4) is 5.75 Å². The fourth-order valence-electron chi connectivity index (χ4n) is 1.71. The van der Waals surface area contributed by atoms with E-state index < -0.39 is 11.9 Å².